The molecule has 0 saturated heterocycles. The van der Waals surface area contributed by atoms with Crippen molar-refractivity contribution in [1.29, 1.82) is 0 Å². The van der Waals surface area contributed by atoms with Crippen LogP contribution in [0.25, 0.3) is 0 Å². The van der Waals surface area contributed by atoms with Gasteiger partial charge in [-0.25, -0.2) is 0 Å². The molecule has 1 amide bonds. The maximum Gasteiger partial charge on any atom is 0.262 e. The van der Waals surface area contributed by atoms with E-state index in [1.165, 1.54) is 0 Å². The number of hydrogen-bond donors (Lipinski definition) is 1. The Bertz CT molecular complexity index is 1480. The average Bonchev–Trinajstić information content (AvgIpc) is 2.89. The zero-order chi connectivity index (χ0) is 30.6. The fourth-order valence-electron chi connectivity index (χ4n) is 6.52. The van der Waals surface area contributed by atoms with Gasteiger partial charge in [0.15, 0.2) is 29.7 Å². The molecule has 1 aliphatic heterocycles. The van der Waals surface area contributed by atoms with Crippen molar-refractivity contribution in [3.05, 3.63) is 73.6 Å². The van der Waals surface area contributed by atoms with Crippen molar-refractivity contribution < 1.29 is 23.9 Å². The number of ether oxygens (including phenoxy) is 2. The van der Waals surface area contributed by atoms with Gasteiger partial charge >= 0.3 is 0 Å². The number of aryl methyl sites for hydroxylation is 1. The highest BCUT2D eigenvalue weighted by atomic mass is 127. The van der Waals surface area contributed by atoms with Gasteiger partial charge in [0, 0.05) is 54.0 Å². The molecular formula is C34H39IN2O5. The van der Waals surface area contributed by atoms with Gasteiger partial charge < -0.3 is 19.7 Å². The van der Waals surface area contributed by atoms with Crippen LogP contribution in [0, 0.1) is 21.3 Å². The summed E-state index contributed by atoms with van der Waals surface area (Å²) in [5.41, 5.74) is 5.74. The fourth-order valence-corrected chi connectivity index (χ4v) is 7.30. The smallest absolute Gasteiger partial charge is 0.262 e. The lowest BCUT2D eigenvalue weighted by Crippen LogP contribution is -2.43. The molecule has 2 aromatic carbocycles. The molecule has 2 aliphatic carbocycles. The lowest BCUT2D eigenvalue weighted by Gasteiger charge is -2.48. The molecule has 8 heteroatoms. The number of nitrogens with zero attached hydrogens (tertiary/aromatic N) is 1. The predicted molar refractivity (Wildman–Crippen MR) is 172 cm³/mol. The molecular weight excluding hydrogens is 643 g/mol. The Morgan fingerprint density at radius 3 is 2.02 bits per heavy atom. The third kappa shape index (κ3) is 5.87. The molecule has 0 radical (unpaired) electrons. The van der Waals surface area contributed by atoms with Gasteiger partial charge in [-0.05, 0) is 83.0 Å². The standard InChI is InChI=1S/C34H39IN2O5/c1-19-8-10-21(11-9-19)36-28(40)18-42-32-22(35)12-20(13-27(32)41-7)29-30-23(14-33(2,3)16-25(30)38)37(6)24-15-34(4,5)17-26(39)31(24)29/h8-13,29H,14-18H2,1-7H3,(H,36,40). The van der Waals surface area contributed by atoms with Gasteiger partial charge in [-0.2, -0.15) is 0 Å². The number of Topliss-reactive ketones (excluding diaryl/α,β-unsaturated/α-hetero) is 2. The second-order valence-corrected chi connectivity index (χ2v) is 14.5. The number of carbonyl (C=O) groups is 3. The van der Waals surface area contributed by atoms with Crippen LogP contribution in [0.2, 0.25) is 0 Å². The Balaban J connectivity index is 1.53. The Labute approximate surface area is 261 Å². The number of anilines is 1. The largest absolute Gasteiger partial charge is 0.493 e. The molecule has 2 aromatic rings. The number of allylic oxidation sites excluding steroid dienone is 4. The lowest BCUT2D eigenvalue weighted by atomic mass is 9.64. The molecule has 222 valence electrons. The first-order valence-corrected chi connectivity index (χ1v) is 15.4. The number of amides is 1. The van der Waals surface area contributed by atoms with Crippen LogP contribution in [0.4, 0.5) is 5.69 Å². The molecule has 0 unspecified atom stereocenters. The van der Waals surface area contributed by atoms with E-state index in [9.17, 15) is 14.4 Å². The molecule has 3 aliphatic rings. The van der Waals surface area contributed by atoms with Gasteiger partial charge in [-0.3, -0.25) is 14.4 Å². The highest BCUT2D eigenvalue weighted by molar-refractivity contribution is 14.1. The molecule has 42 heavy (non-hydrogen) atoms. The zero-order valence-electron chi connectivity index (χ0n) is 25.4. The number of ketones is 2. The van der Waals surface area contributed by atoms with E-state index in [0.29, 0.717) is 41.2 Å². The third-order valence-electron chi connectivity index (χ3n) is 8.45. The summed E-state index contributed by atoms with van der Waals surface area (Å²) in [4.78, 5) is 42.4. The summed E-state index contributed by atoms with van der Waals surface area (Å²) in [6.07, 6.45) is 2.39. The molecule has 0 fully saturated rings. The molecule has 1 heterocycles. The minimum atomic E-state index is -0.472. The first-order valence-electron chi connectivity index (χ1n) is 14.3. The van der Waals surface area contributed by atoms with Crippen LogP contribution >= 0.6 is 22.6 Å². The van der Waals surface area contributed by atoms with Crippen LogP contribution in [-0.4, -0.2) is 43.1 Å². The third-order valence-corrected chi connectivity index (χ3v) is 9.25. The number of methoxy groups -OCH3 is 1. The molecule has 5 rings (SSSR count). The minimum Gasteiger partial charge on any atom is -0.493 e. The van der Waals surface area contributed by atoms with Crippen LogP contribution in [0.1, 0.15) is 70.4 Å². The molecule has 0 atom stereocenters. The molecule has 0 aromatic heterocycles. The van der Waals surface area contributed by atoms with E-state index in [1.807, 2.05) is 50.4 Å². The molecule has 0 spiro atoms. The van der Waals surface area contributed by atoms with Crippen molar-refractivity contribution in [3.63, 3.8) is 0 Å². The van der Waals surface area contributed by atoms with Crippen molar-refractivity contribution >= 4 is 45.8 Å². The van der Waals surface area contributed by atoms with Gasteiger partial charge in [-0.15, -0.1) is 0 Å². The maximum absolute atomic E-state index is 13.8. The summed E-state index contributed by atoms with van der Waals surface area (Å²) in [5, 5.41) is 2.85. The van der Waals surface area contributed by atoms with Crippen molar-refractivity contribution in [1.82, 2.24) is 4.90 Å². The number of halogens is 1. The zero-order valence-corrected chi connectivity index (χ0v) is 27.6. The summed E-state index contributed by atoms with van der Waals surface area (Å²) in [6, 6.07) is 11.4. The molecule has 7 nitrogen and oxygen atoms in total. The summed E-state index contributed by atoms with van der Waals surface area (Å²) >= 11 is 2.18. The van der Waals surface area contributed by atoms with Crippen LogP contribution in [-0.2, 0) is 14.4 Å². The Morgan fingerprint density at radius 1 is 0.952 bits per heavy atom. The van der Waals surface area contributed by atoms with E-state index >= 15 is 0 Å². The minimum absolute atomic E-state index is 0.0874. The Kier molecular flexibility index (Phi) is 8.06. The highest BCUT2D eigenvalue weighted by Gasteiger charge is 2.48. The molecule has 0 bridgehead atoms. The fraction of sp³-hybridized carbons (Fsp3) is 0.441. The van der Waals surface area contributed by atoms with Crippen LogP contribution < -0.4 is 14.8 Å². The first kappa shape index (κ1) is 30.3. The van der Waals surface area contributed by atoms with E-state index in [-0.39, 0.29) is 34.9 Å². The summed E-state index contributed by atoms with van der Waals surface area (Å²) in [5.74, 6) is 0.319. The van der Waals surface area contributed by atoms with E-state index in [1.54, 1.807) is 7.11 Å². The van der Waals surface area contributed by atoms with Gasteiger partial charge in [0.1, 0.15) is 0 Å². The Hall–Kier alpha value is -3.14. The first-order chi connectivity index (χ1) is 19.7. The van der Waals surface area contributed by atoms with Crippen LogP contribution in [0.15, 0.2) is 58.9 Å². The van der Waals surface area contributed by atoms with Crippen LogP contribution in [0.5, 0.6) is 11.5 Å². The van der Waals surface area contributed by atoms with Crippen molar-refractivity contribution in [2.75, 3.05) is 26.1 Å². The second kappa shape index (κ2) is 11.2. The van der Waals surface area contributed by atoms with Gasteiger partial charge in [0.2, 0.25) is 0 Å². The normalized spacial score (nSPS) is 19.9. The second-order valence-electron chi connectivity index (χ2n) is 13.3. The van der Waals surface area contributed by atoms with Crippen molar-refractivity contribution in [2.45, 2.75) is 66.2 Å². The number of benzene rings is 2. The number of rotatable bonds is 6. The predicted octanol–water partition coefficient (Wildman–Crippen LogP) is 6.94. The van der Waals surface area contributed by atoms with Crippen molar-refractivity contribution in [3.8, 4) is 11.5 Å². The highest BCUT2D eigenvalue weighted by Crippen LogP contribution is 2.54. The van der Waals surface area contributed by atoms with E-state index in [2.05, 4.69) is 60.5 Å². The van der Waals surface area contributed by atoms with Gasteiger partial charge in [-0.1, -0.05) is 45.4 Å². The summed E-state index contributed by atoms with van der Waals surface area (Å²) < 4.78 is 12.5. The SMILES string of the molecule is COc1cc(C2C3=C(CC(C)(C)CC3=O)N(C)C3=C2C(=O)CC(C)(C)C3)cc(I)c1OCC(=O)Nc1ccc(C)cc1. The molecule has 0 saturated carbocycles. The number of carbonyl (C=O) groups excluding carboxylic acids is 3. The van der Waals surface area contributed by atoms with E-state index in [0.717, 1.165) is 38.9 Å². The van der Waals surface area contributed by atoms with E-state index < -0.39 is 5.92 Å². The lowest BCUT2D eigenvalue weighted by molar-refractivity contribution is -0.120. The molecule has 1 N–H and O–H groups in total. The average molecular weight is 683 g/mol. The number of nitrogens with one attached hydrogen (secondary N) is 1. The van der Waals surface area contributed by atoms with Crippen molar-refractivity contribution in [2.24, 2.45) is 10.8 Å². The monoisotopic (exact) mass is 682 g/mol. The maximum atomic E-state index is 13.8. The van der Waals surface area contributed by atoms with Gasteiger partial charge in [0.25, 0.3) is 5.91 Å². The summed E-state index contributed by atoms with van der Waals surface area (Å²) in [7, 11) is 3.56. The van der Waals surface area contributed by atoms with Gasteiger partial charge in [0.05, 0.1) is 10.7 Å². The quantitative estimate of drug-likeness (QED) is 0.333. The topological polar surface area (TPSA) is 84.9 Å². The van der Waals surface area contributed by atoms with Crippen LogP contribution in [0.3, 0.4) is 0 Å². The van der Waals surface area contributed by atoms with E-state index in [4.69, 9.17) is 9.47 Å². The Morgan fingerprint density at radius 2 is 1.50 bits per heavy atom. The summed E-state index contributed by atoms with van der Waals surface area (Å²) in [6.45, 7) is 10.3. The number of hydrogen-bond acceptors (Lipinski definition) is 6.